The molecule has 5 aromatic rings. The van der Waals surface area contributed by atoms with Crippen LogP contribution >= 0.6 is 0 Å². The SMILES string of the molecule is Cc1ccc2c(c1)c1ncn(Cc3nc(C)no3)c(=O)c1n2CC(=O)N[C@@H](C)CCc1ccccc1. The van der Waals surface area contributed by atoms with Gasteiger partial charge in [-0.3, -0.25) is 14.2 Å². The lowest BCUT2D eigenvalue weighted by Gasteiger charge is -2.15. The molecule has 0 aliphatic carbocycles. The van der Waals surface area contributed by atoms with Crippen molar-refractivity contribution in [2.75, 3.05) is 0 Å². The first-order chi connectivity index (χ1) is 17.4. The van der Waals surface area contributed by atoms with Crippen molar-refractivity contribution in [3.05, 3.63) is 88.1 Å². The van der Waals surface area contributed by atoms with Gasteiger partial charge in [-0.15, -0.1) is 0 Å². The minimum Gasteiger partial charge on any atom is -0.352 e. The molecule has 0 spiro atoms. The van der Waals surface area contributed by atoms with E-state index in [1.54, 1.807) is 11.5 Å². The van der Waals surface area contributed by atoms with Crippen LogP contribution in [0.4, 0.5) is 0 Å². The molecule has 0 radical (unpaired) electrons. The predicted octanol–water partition coefficient (Wildman–Crippen LogP) is 3.54. The zero-order valence-electron chi connectivity index (χ0n) is 20.6. The number of amides is 1. The fourth-order valence-electron chi connectivity index (χ4n) is 4.51. The van der Waals surface area contributed by atoms with Gasteiger partial charge in [0.05, 0.1) is 11.8 Å². The van der Waals surface area contributed by atoms with Gasteiger partial charge in [-0.25, -0.2) is 4.98 Å². The van der Waals surface area contributed by atoms with Crippen molar-refractivity contribution in [2.45, 2.75) is 52.7 Å². The Kier molecular flexibility index (Phi) is 6.37. The van der Waals surface area contributed by atoms with Gasteiger partial charge in [0.2, 0.25) is 11.8 Å². The van der Waals surface area contributed by atoms with Crippen LogP contribution in [-0.4, -0.2) is 36.2 Å². The number of carbonyl (C=O) groups is 1. The molecule has 3 aromatic heterocycles. The van der Waals surface area contributed by atoms with E-state index in [1.165, 1.54) is 16.5 Å². The van der Waals surface area contributed by atoms with Gasteiger partial charge in [-0.1, -0.05) is 47.1 Å². The number of rotatable bonds is 8. The van der Waals surface area contributed by atoms with Crippen molar-refractivity contribution in [2.24, 2.45) is 0 Å². The average Bonchev–Trinajstić information content (AvgIpc) is 3.40. The maximum Gasteiger partial charge on any atom is 0.278 e. The van der Waals surface area contributed by atoms with Crippen molar-refractivity contribution in [3.8, 4) is 0 Å². The Morgan fingerprint density at radius 1 is 1.14 bits per heavy atom. The van der Waals surface area contributed by atoms with Crippen LogP contribution in [0.15, 0.2) is 64.2 Å². The van der Waals surface area contributed by atoms with Crippen LogP contribution in [-0.2, 0) is 24.3 Å². The van der Waals surface area contributed by atoms with Crippen LogP contribution in [0.25, 0.3) is 21.9 Å². The van der Waals surface area contributed by atoms with Gasteiger partial charge in [-0.05, 0) is 51.3 Å². The van der Waals surface area contributed by atoms with Crippen molar-refractivity contribution in [1.29, 1.82) is 0 Å². The molecular formula is C27H28N6O3. The Hall–Kier alpha value is -4.27. The summed E-state index contributed by atoms with van der Waals surface area (Å²) >= 11 is 0. The van der Waals surface area contributed by atoms with E-state index in [2.05, 4.69) is 32.6 Å². The predicted molar refractivity (Wildman–Crippen MR) is 137 cm³/mol. The van der Waals surface area contributed by atoms with Crippen LogP contribution < -0.4 is 10.9 Å². The average molecular weight is 485 g/mol. The summed E-state index contributed by atoms with van der Waals surface area (Å²) in [6.45, 7) is 5.82. The maximum atomic E-state index is 13.6. The van der Waals surface area contributed by atoms with Crippen LogP contribution in [0, 0.1) is 13.8 Å². The zero-order chi connectivity index (χ0) is 25.2. The Morgan fingerprint density at radius 2 is 1.94 bits per heavy atom. The number of nitrogens with zero attached hydrogens (tertiary/aromatic N) is 5. The fourth-order valence-corrected chi connectivity index (χ4v) is 4.51. The summed E-state index contributed by atoms with van der Waals surface area (Å²) in [7, 11) is 0. The normalized spacial score (nSPS) is 12.3. The first-order valence-corrected chi connectivity index (χ1v) is 12.0. The summed E-state index contributed by atoms with van der Waals surface area (Å²) in [4.78, 5) is 35.4. The van der Waals surface area contributed by atoms with Gasteiger partial charge in [0.25, 0.3) is 5.56 Å². The molecule has 0 saturated heterocycles. The Balaban J connectivity index is 1.44. The molecule has 0 saturated carbocycles. The molecular weight excluding hydrogens is 456 g/mol. The molecule has 2 aromatic carbocycles. The lowest BCUT2D eigenvalue weighted by atomic mass is 10.1. The fraction of sp³-hybridized carbons (Fsp3) is 0.296. The molecule has 9 heteroatoms. The van der Waals surface area contributed by atoms with Gasteiger partial charge in [0.15, 0.2) is 5.82 Å². The number of carbonyl (C=O) groups excluding carboxylic acids is 1. The molecule has 0 unspecified atom stereocenters. The molecule has 36 heavy (non-hydrogen) atoms. The molecule has 0 aliphatic heterocycles. The summed E-state index contributed by atoms with van der Waals surface area (Å²) in [5.41, 5.74) is 3.75. The van der Waals surface area contributed by atoms with E-state index >= 15 is 0 Å². The lowest BCUT2D eigenvalue weighted by Crippen LogP contribution is -2.36. The van der Waals surface area contributed by atoms with E-state index in [0.29, 0.717) is 22.7 Å². The third kappa shape index (κ3) is 4.77. The summed E-state index contributed by atoms with van der Waals surface area (Å²) < 4.78 is 8.37. The van der Waals surface area contributed by atoms with E-state index in [4.69, 9.17) is 4.52 Å². The van der Waals surface area contributed by atoms with Gasteiger partial charge >= 0.3 is 0 Å². The molecule has 1 atom stereocenters. The Morgan fingerprint density at radius 3 is 2.69 bits per heavy atom. The minimum atomic E-state index is -0.269. The highest BCUT2D eigenvalue weighted by Crippen LogP contribution is 2.26. The summed E-state index contributed by atoms with van der Waals surface area (Å²) in [6.07, 6.45) is 3.18. The van der Waals surface area contributed by atoms with Crippen molar-refractivity contribution >= 4 is 27.8 Å². The first kappa shape index (κ1) is 23.5. The molecule has 1 N–H and O–H groups in total. The monoisotopic (exact) mass is 484 g/mol. The Labute approximate surface area is 207 Å². The molecule has 0 aliphatic rings. The highest BCUT2D eigenvalue weighted by molar-refractivity contribution is 6.06. The summed E-state index contributed by atoms with van der Waals surface area (Å²) in [5, 5.41) is 7.71. The number of hydrogen-bond donors (Lipinski definition) is 1. The van der Waals surface area contributed by atoms with Crippen molar-refractivity contribution in [1.82, 2.24) is 29.6 Å². The van der Waals surface area contributed by atoms with Crippen molar-refractivity contribution < 1.29 is 9.32 Å². The molecule has 0 bridgehead atoms. The number of aryl methyl sites for hydroxylation is 3. The maximum absolute atomic E-state index is 13.6. The van der Waals surface area contributed by atoms with E-state index in [-0.39, 0.29) is 30.6 Å². The smallest absolute Gasteiger partial charge is 0.278 e. The zero-order valence-corrected chi connectivity index (χ0v) is 20.6. The standard InChI is InChI=1S/C27H28N6O3/c1-17-9-12-22-21(13-17)25-26(27(35)32(16-28-25)15-24-30-19(3)31-36-24)33(22)14-23(34)29-18(2)10-11-20-7-5-4-6-8-20/h4-9,12-13,16,18H,10-11,14-15H2,1-3H3,(H,29,34)/t18-/m0/s1. The number of aromatic nitrogens is 5. The summed E-state index contributed by atoms with van der Waals surface area (Å²) in [5.74, 6) is 0.659. The van der Waals surface area contributed by atoms with Crippen LogP contribution in [0.3, 0.4) is 0 Å². The number of benzene rings is 2. The summed E-state index contributed by atoms with van der Waals surface area (Å²) in [6, 6.07) is 16.1. The van der Waals surface area contributed by atoms with Crippen LogP contribution in [0.2, 0.25) is 0 Å². The highest BCUT2D eigenvalue weighted by atomic mass is 16.5. The second kappa shape index (κ2) is 9.77. The molecule has 3 heterocycles. The second-order valence-corrected chi connectivity index (χ2v) is 9.21. The lowest BCUT2D eigenvalue weighted by molar-refractivity contribution is -0.122. The van der Waals surface area contributed by atoms with E-state index < -0.39 is 0 Å². The molecule has 5 rings (SSSR count). The molecule has 184 valence electrons. The molecule has 1 amide bonds. The van der Waals surface area contributed by atoms with E-state index in [9.17, 15) is 9.59 Å². The number of fused-ring (bicyclic) bond motifs is 3. The van der Waals surface area contributed by atoms with Crippen LogP contribution in [0.5, 0.6) is 0 Å². The third-order valence-corrected chi connectivity index (χ3v) is 6.28. The van der Waals surface area contributed by atoms with E-state index in [0.717, 1.165) is 29.3 Å². The molecule has 0 fully saturated rings. The van der Waals surface area contributed by atoms with E-state index in [1.807, 2.05) is 50.2 Å². The minimum absolute atomic E-state index is 0.0106. The second-order valence-electron chi connectivity index (χ2n) is 9.21. The van der Waals surface area contributed by atoms with Gasteiger partial charge in [0, 0.05) is 11.4 Å². The molecule has 9 nitrogen and oxygen atoms in total. The van der Waals surface area contributed by atoms with Gasteiger partial charge < -0.3 is 14.4 Å². The first-order valence-electron chi connectivity index (χ1n) is 12.0. The van der Waals surface area contributed by atoms with Gasteiger partial charge in [0.1, 0.15) is 24.1 Å². The van der Waals surface area contributed by atoms with Crippen LogP contribution in [0.1, 0.15) is 36.2 Å². The van der Waals surface area contributed by atoms with Gasteiger partial charge in [-0.2, -0.15) is 4.98 Å². The Bertz CT molecular complexity index is 1600. The number of nitrogens with one attached hydrogen (secondary N) is 1. The highest BCUT2D eigenvalue weighted by Gasteiger charge is 2.20. The topological polar surface area (TPSA) is 108 Å². The number of hydrogen-bond acceptors (Lipinski definition) is 6. The largest absolute Gasteiger partial charge is 0.352 e. The third-order valence-electron chi connectivity index (χ3n) is 6.28. The quantitative estimate of drug-likeness (QED) is 0.361. The van der Waals surface area contributed by atoms with Crippen molar-refractivity contribution in [3.63, 3.8) is 0 Å².